The summed E-state index contributed by atoms with van der Waals surface area (Å²) < 4.78 is 4.78. The lowest BCUT2D eigenvalue weighted by Gasteiger charge is -2.24. The molecule has 1 aromatic carbocycles. The van der Waals surface area contributed by atoms with Gasteiger partial charge in [-0.15, -0.1) is 0 Å². The van der Waals surface area contributed by atoms with Crippen molar-refractivity contribution < 1.29 is 19.4 Å². The third kappa shape index (κ3) is 3.81. The minimum absolute atomic E-state index is 0.371. The Morgan fingerprint density at radius 1 is 1.44 bits per heavy atom. The van der Waals surface area contributed by atoms with E-state index in [9.17, 15) is 9.59 Å². The Kier molecular flexibility index (Phi) is 4.79. The van der Waals surface area contributed by atoms with E-state index in [4.69, 9.17) is 27.2 Å². The van der Waals surface area contributed by atoms with Crippen molar-refractivity contribution in [2.24, 2.45) is 5.73 Å². The van der Waals surface area contributed by atoms with Crippen LogP contribution in [0, 0.1) is 0 Å². The van der Waals surface area contributed by atoms with Crippen molar-refractivity contribution in [3.8, 4) is 0 Å². The highest BCUT2D eigenvalue weighted by Gasteiger charge is 2.25. The SMILES string of the molecule is C[C@@H](OC(N)=O)[C@H](NC(=O)O)c1ccccc1Cl. The summed E-state index contributed by atoms with van der Waals surface area (Å²) in [5, 5.41) is 11.4. The molecular formula is C11H13ClN2O4. The lowest BCUT2D eigenvalue weighted by molar-refractivity contribution is 0.0897. The Labute approximate surface area is 109 Å². The lowest BCUT2D eigenvalue weighted by atomic mass is 10.0. The van der Waals surface area contributed by atoms with Crippen LogP contribution in [-0.4, -0.2) is 23.4 Å². The zero-order valence-corrected chi connectivity index (χ0v) is 10.3. The molecule has 98 valence electrons. The summed E-state index contributed by atoms with van der Waals surface area (Å²) in [6, 6.07) is 5.88. The maximum Gasteiger partial charge on any atom is 0.405 e. The molecule has 0 fully saturated rings. The standard InChI is InChI=1S/C11H13ClN2O4/c1-6(18-10(13)15)9(14-11(16)17)7-4-2-3-5-8(7)12/h2-6,9,14H,1H3,(H2,13,15)(H,16,17)/t6-,9+/m1/s1. The van der Waals surface area contributed by atoms with Crippen LogP contribution in [0.3, 0.4) is 0 Å². The van der Waals surface area contributed by atoms with Gasteiger partial charge >= 0.3 is 12.2 Å². The molecule has 0 aliphatic carbocycles. The predicted molar refractivity (Wildman–Crippen MR) is 65.5 cm³/mol. The molecule has 6 nitrogen and oxygen atoms in total. The van der Waals surface area contributed by atoms with Gasteiger partial charge in [-0.05, 0) is 18.6 Å². The highest BCUT2D eigenvalue weighted by Crippen LogP contribution is 2.26. The number of carbonyl (C=O) groups is 2. The Morgan fingerprint density at radius 3 is 2.56 bits per heavy atom. The number of primary amides is 1. The number of nitrogens with one attached hydrogen (secondary N) is 1. The summed E-state index contributed by atoms with van der Waals surface area (Å²) in [5.41, 5.74) is 5.42. The topological polar surface area (TPSA) is 102 Å². The van der Waals surface area contributed by atoms with E-state index in [1.807, 2.05) is 0 Å². The highest BCUT2D eigenvalue weighted by atomic mass is 35.5. The molecule has 1 aromatic rings. The molecule has 0 spiro atoms. The highest BCUT2D eigenvalue weighted by molar-refractivity contribution is 6.31. The van der Waals surface area contributed by atoms with Crippen LogP contribution < -0.4 is 11.1 Å². The normalized spacial score (nSPS) is 13.4. The van der Waals surface area contributed by atoms with Crippen LogP contribution in [0.5, 0.6) is 0 Å². The van der Waals surface area contributed by atoms with Crippen LogP contribution in [0.4, 0.5) is 9.59 Å². The van der Waals surface area contributed by atoms with Crippen LogP contribution >= 0.6 is 11.6 Å². The molecular weight excluding hydrogens is 260 g/mol. The van der Waals surface area contributed by atoms with Crippen LogP contribution in [0.2, 0.25) is 5.02 Å². The number of benzene rings is 1. The van der Waals surface area contributed by atoms with Gasteiger partial charge in [-0.2, -0.15) is 0 Å². The Balaban J connectivity index is 3.01. The van der Waals surface area contributed by atoms with E-state index in [2.05, 4.69) is 5.32 Å². The van der Waals surface area contributed by atoms with E-state index in [0.717, 1.165) is 0 Å². The summed E-state index contributed by atoms with van der Waals surface area (Å²) in [6.45, 7) is 1.52. The molecule has 1 rings (SSSR count). The first-order valence-corrected chi connectivity index (χ1v) is 5.49. The van der Waals surface area contributed by atoms with Gasteiger partial charge in [0, 0.05) is 5.02 Å². The fourth-order valence-corrected chi connectivity index (χ4v) is 1.81. The first-order chi connectivity index (χ1) is 8.41. The van der Waals surface area contributed by atoms with Gasteiger partial charge in [0.2, 0.25) is 0 Å². The summed E-state index contributed by atoms with van der Waals surface area (Å²) in [4.78, 5) is 21.5. The number of carboxylic acid groups (broad SMARTS) is 1. The van der Waals surface area contributed by atoms with E-state index >= 15 is 0 Å². The maximum atomic E-state index is 10.8. The number of hydrogen-bond acceptors (Lipinski definition) is 3. The van der Waals surface area contributed by atoms with Gasteiger partial charge in [0.25, 0.3) is 0 Å². The van der Waals surface area contributed by atoms with Crippen molar-refractivity contribution in [2.75, 3.05) is 0 Å². The van der Waals surface area contributed by atoms with Gasteiger partial charge in [-0.1, -0.05) is 29.8 Å². The number of carbonyl (C=O) groups excluding carboxylic acids is 1. The van der Waals surface area contributed by atoms with Crippen LogP contribution in [-0.2, 0) is 4.74 Å². The second kappa shape index (κ2) is 6.11. The third-order valence-corrected chi connectivity index (χ3v) is 2.63. The summed E-state index contributed by atoms with van der Waals surface area (Å²) in [5.74, 6) is 0. The molecule has 0 saturated carbocycles. The first kappa shape index (κ1) is 14.1. The Bertz CT molecular complexity index is 452. The largest absolute Gasteiger partial charge is 0.465 e. The first-order valence-electron chi connectivity index (χ1n) is 5.11. The van der Waals surface area contributed by atoms with Crippen LogP contribution in [0.25, 0.3) is 0 Å². The fourth-order valence-electron chi connectivity index (χ4n) is 1.56. The lowest BCUT2D eigenvalue weighted by Crippen LogP contribution is -2.37. The molecule has 7 heteroatoms. The average Bonchev–Trinajstić information content (AvgIpc) is 2.25. The zero-order valence-electron chi connectivity index (χ0n) is 9.59. The summed E-state index contributed by atoms with van der Waals surface area (Å²) in [6.07, 6.45) is -3.01. The minimum atomic E-state index is -1.25. The van der Waals surface area contributed by atoms with E-state index in [0.29, 0.717) is 10.6 Å². The maximum absolute atomic E-state index is 10.8. The molecule has 4 N–H and O–H groups in total. The second-order valence-corrected chi connectivity index (χ2v) is 4.00. The number of halogens is 1. The number of nitrogens with two attached hydrogens (primary N) is 1. The molecule has 0 heterocycles. The average molecular weight is 273 g/mol. The Morgan fingerprint density at radius 2 is 2.06 bits per heavy atom. The van der Waals surface area contributed by atoms with Crippen molar-refractivity contribution in [1.29, 1.82) is 0 Å². The second-order valence-electron chi connectivity index (χ2n) is 3.59. The number of rotatable bonds is 4. The fraction of sp³-hybridized carbons (Fsp3) is 0.273. The summed E-state index contributed by atoms with van der Waals surface area (Å²) >= 11 is 5.98. The zero-order chi connectivity index (χ0) is 13.7. The monoisotopic (exact) mass is 272 g/mol. The molecule has 2 atom stereocenters. The molecule has 2 amide bonds. The molecule has 0 unspecified atom stereocenters. The number of amides is 2. The number of hydrogen-bond donors (Lipinski definition) is 3. The van der Waals surface area contributed by atoms with Gasteiger partial charge in [0.15, 0.2) is 0 Å². The molecule has 0 aromatic heterocycles. The molecule has 0 radical (unpaired) electrons. The van der Waals surface area contributed by atoms with Crippen molar-refractivity contribution in [3.63, 3.8) is 0 Å². The van der Waals surface area contributed by atoms with Gasteiger partial charge < -0.3 is 20.9 Å². The molecule has 18 heavy (non-hydrogen) atoms. The Hall–Kier alpha value is -1.95. The minimum Gasteiger partial charge on any atom is -0.465 e. The van der Waals surface area contributed by atoms with E-state index in [-0.39, 0.29) is 0 Å². The van der Waals surface area contributed by atoms with Gasteiger partial charge in [0.05, 0.1) is 6.04 Å². The van der Waals surface area contributed by atoms with E-state index in [1.54, 1.807) is 24.3 Å². The van der Waals surface area contributed by atoms with Crippen LogP contribution in [0.1, 0.15) is 18.5 Å². The van der Waals surface area contributed by atoms with Gasteiger partial charge in [-0.25, -0.2) is 9.59 Å². The molecule has 0 aliphatic heterocycles. The van der Waals surface area contributed by atoms with E-state index < -0.39 is 24.3 Å². The molecule has 0 bridgehead atoms. The predicted octanol–water partition coefficient (Wildman–Crippen LogP) is 2.13. The van der Waals surface area contributed by atoms with Crippen molar-refractivity contribution >= 4 is 23.8 Å². The number of ether oxygens (including phenoxy) is 1. The van der Waals surface area contributed by atoms with Crippen LogP contribution in [0.15, 0.2) is 24.3 Å². The van der Waals surface area contributed by atoms with Crippen molar-refractivity contribution in [3.05, 3.63) is 34.9 Å². The quantitative estimate of drug-likeness (QED) is 0.781. The molecule has 0 aliphatic rings. The third-order valence-electron chi connectivity index (χ3n) is 2.29. The van der Waals surface area contributed by atoms with Crippen molar-refractivity contribution in [2.45, 2.75) is 19.1 Å². The van der Waals surface area contributed by atoms with Gasteiger partial charge in [-0.3, -0.25) is 0 Å². The molecule has 0 saturated heterocycles. The van der Waals surface area contributed by atoms with E-state index in [1.165, 1.54) is 6.92 Å². The smallest absolute Gasteiger partial charge is 0.405 e. The van der Waals surface area contributed by atoms with Crippen molar-refractivity contribution in [1.82, 2.24) is 5.32 Å². The van der Waals surface area contributed by atoms with Gasteiger partial charge in [0.1, 0.15) is 6.10 Å². The summed E-state index contributed by atoms with van der Waals surface area (Å²) in [7, 11) is 0.